The third-order valence-electron chi connectivity index (χ3n) is 8.31. The van der Waals surface area contributed by atoms with Gasteiger partial charge in [-0.15, -0.1) is 5.10 Å². The fraction of sp³-hybridized carbons (Fsp3) is 0.815. The molecule has 1 aliphatic heterocycles. The Hall–Kier alpha value is -2.49. The molecule has 10 heteroatoms. The van der Waals surface area contributed by atoms with Gasteiger partial charge in [0.2, 0.25) is 17.7 Å². The normalized spacial score (nSPS) is 25.0. The van der Waals surface area contributed by atoms with Crippen molar-refractivity contribution in [3.8, 4) is 0 Å². The van der Waals surface area contributed by atoms with Crippen molar-refractivity contribution in [1.82, 2.24) is 30.1 Å². The van der Waals surface area contributed by atoms with Gasteiger partial charge in [0, 0.05) is 50.1 Å². The molecule has 4 fully saturated rings. The Bertz CT molecular complexity index is 1010. The van der Waals surface area contributed by atoms with E-state index in [1.807, 2.05) is 31.9 Å². The maximum Gasteiger partial charge on any atom is 0.248 e. The molecule has 1 aromatic rings. The van der Waals surface area contributed by atoms with E-state index in [1.54, 1.807) is 4.68 Å². The van der Waals surface area contributed by atoms with Gasteiger partial charge < -0.3 is 20.2 Å². The van der Waals surface area contributed by atoms with Crippen LogP contribution in [0.25, 0.3) is 0 Å². The molecule has 0 radical (unpaired) electrons. The van der Waals surface area contributed by atoms with Crippen LogP contribution in [-0.2, 0) is 14.4 Å². The number of likely N-dealkylation sites (tertiary alicyclic amines) is 1. The second kappa shape index (κ2) is 10.3. The molecule has 2 N–H and O–H groups in total. The average molecular weight is 515 g/mol. The average Bonchev–Trinajstić information content (AvgIpc) is 3.72. The highest BCUT2D eigenvalue weighted by molar-refractivity contribution is 5.90. The Balaban J connectivity index is 1.19. The van der Waals surface area contributed by atoms with Crippen LogP contribution in [0.15, 0.2) is 6.20 Å². The van der Waals surface area contributed by atoms with Crippen LogP contribution in [-0.4, -0.2) is 85.4 Å². The summed E-state index contributed by atoms with van der Waals surface area (Å²) >= 11 is 0. The minimum absolute atomic E-state index is 0.124. The van der Waals surface area contributed by atoms with Gasteiger partial charge in [-0.1, -0.05) is 32.4 Å². The van der Waals surface area contributed by atoms with Crippen LogP contribution in [0.3, 0.4) is 0 Å². The molecular weight excluding hydrogens is 472 g/mol. The Morgan fingerprint density at radius 2 is 1.89 bits per heavy atom. The van der Waals surface area contributed by atoms with E-state index >= 15 is 0 Å². The lowest BCUT2D eigenvalue weighted by Gasteiger charge is -2.34. The van der Waals surface area contributed by atoms with Gasteiger partial charge >= 0.3 is 0 Å². The Kier molecular flexibility index (Phi) is 7.31. The summed E-state index contributed by atoms with van der Waals surface area (Å²) in [7, 11) is 0. The Labute approximate surface area is 219 Å². The minimum atomic E-state index is -0.747. The van der Waals surface area contributed by atoms with Crippen molar-refractivity contribution in [1.29, 1.82) is 0 Å². The Morgan fingerprint density at radius 3 is 2.49 bits per heavy atom. The summed E-state index contributed by atoms with van der Waals surface area (Å²) in [5, 5.41) is 22.0. The maximum absolute atomic E-state index is 13.8. The summed E-state index contributed by atoms with van der Waals surface area (Å²) < 4.78 is 1.64. The lowest BCUT2D eigenvalue weighted by Crippen LogP contribution is -2.50. The highest BCUT2D eigenvalue weighted by Gasteiger charge is 2.45. The summed E-state index contributed by atoms with van der Waals surface area (Å²) in [6.45, 7) is 7.15. The summed E-state index contributed by atoms with van der Waals surface area (Å²) in [4.78, 5) is 43.3. The van der Waals surface area contributed by atoms with Crippen LogP contribution in [0.4, 0.5) is 0 Å². The number of rotatable bonds is 10. The van der Waals surface area contributed by atoms with Crippen LogP contribution in [0.1, 0.15) is 96.2 Å². The number of carbonyl (C=O) groups excluding carboxylic acids is 3. The van der Waals surface area contributed by atoms with Gasteiger partial charge in [-0.25, -0.2) is 4.68 Å². The molecule has 0 unspecified atom stereocenters. The number of amides is 3. The zero-order chi connectivity index (χ0) is 26.3. The van der Waals surface area contributed by atoms with Crippen molar-refractivity contribution < 1.29 is 19.5 Å². The lowest BCUT2D eigenvalue weighted by molar-refractivity contribution is -0.144. The van der Waals surface area contributed by atoms with Crippen LogP contribution in [0.2, 0.25) is 0 Å². The highest BCUT2D eigenvalue weighted by atomic mass is 16.3. The molecule has 204 valence electrons. The largest absolute Gasteiger partial charge is 0.391 e. The van der Waals surface area contributed by atoms with Crippen LogP contribution in [0, 0.1) is 11.3 Å². The number of hydrogen-bond acceptors (Lipinski definition) is 6. The summed E-state index contributed by atoms with van der Waals surface area (Å²) in [6, 6.07) is -0.985. The van der Waals surface area contributed by atoms with Gasteiger partial charge in [0.15, 0.2) is 0 Å². The van der Waals surface area contributed by atoms with Gasteiger partial charge in [-0.3, -0.25) is 14.4 Å². The van der Waals surface area contributed by atoms with Crippen LogP contribution in [0.5, 0.6) is 0 Å². The van der Waals surface area contributed by atoms with Crippen molar-refractivity contribution in [2.75, 3.05) is 19.6 Å². The zero-order valence-electron chi connectivity index (χ0n) is 22.4. The molecule has 0 bridgehead atoms. The van der Waals surface area contributed by atoms with Gasteiger partial charge in [-0.05, 0) is 50.4 Å². The van der Waals surface area contributed by atoms with E-state index in [0.29, 0.717) is 31.5 Å². The number of aromatic nitrogens is 3. The summed E-state index contributed by atoms with van der Waals surface area (Å²) in [6.07, 6.45) is 9.49. The van der Waals surface area contributed by atoms with E-state index in [4.69, 9.17) is 0 Å². The number of nitrogens with zero attached hydrogens (tertiary/aromatic N) is 5. The van der Waals surface area contributed by atoms with Gasteiger partial charge in [-0.2, -0.15) is 0 Å². The van der Waals surface area contributed by atoms with E-state index in [0.717, 1.165) is 50.6 Å². The number of carbonyl (C=O) groups is 3. The number of β-amino-alcohol motifs (C(OH)–C–C–N with tert-alkyl or cyclic N) is 1. The second-order valence-corrected chi connectivity index (χ2v) is 12.6. The SMILES string of the molecule is CC(C)(C)[C@@H](C(=O)N1C[C@H](O)C[C@H]1C(=O)NCCCN(C(=O)C1CCC1)C1CC1)n1cc(C2CC2)nn1. The van der Waals surface area contributed by atoms with Crippen LogP contribution < -0.4 is 5.32 Å². The van der Waals surface area contributed by atoms with Crippen molar-refractivity contribution >= 4 is 17.7 Å². The lowest BCUT2D eigenvalue weighted by atomic mass is 9.84. The van der Waals surface area contributed by atoms with Crippen molar-refractivity contribution in [2.24, 2.45) is 11.3 Å². The fourth-order valence-corrected chi connectivity index (χ4v) is 5.65. The molecule has 3 saturated carbocycles. The first-order valence-electron chi connectivity index (χ1n) is 14.1. The molecule has 4 aliphatic rings. The summed E-state index contributed by atoms with van der Waals surface area (Å²) in [5.41, 5.74) is 0.452. The van der Waals surface area contributed by atoms with Crippen molar-refractivity contribution in [2.45, 2.75) is 109 Å². The first kappa shape index (κ1) is 26.1. The van der Waals surface area contributed by atoms with Gasteiger partial charge in [0.05, 0.1) is 11.8 Å². The van der Waals surface area contributed by atoms with Crippen molar-refractivity contribution in [3.05, 3.63) is 11.9 Å². The molecule has 3 amide bonds. The maximum atomic E-state index is 13.8. The van der Waals surface area contributed by atoms with E-state index in [1.165, 1.54) is 4.90 Å². The standard InChI is InChI=1S/C27H42N6O4/c1-27(2,3)23(33-16-21(29-30-33)17-8-9-17)26(37)32-15-20(34)14-22(32)24(35)28-12-5-13-31(19-10-11-19)25(36)18-6-4-7-18/h16-20,22-23,34H,4-15H2,1-3H3,(H,28,35)/t20-,22+,23-/m1/s1. The molecule has 3 atom stereocenters. The predicted molar refractivity (Wildman–Crippen MR) is 136 cm³/mol. The molecule has 3 aliphatic carbocycles. The predicted octanol–water partition coefficient (Wildman–Crippen LogP) is 2.00. The van der Waals surface area contributed by atoms with E-state index < -0.39 is 23.6 Å². The monoisotopic (exact) mass is 514 g/mol. The zero-order valence-corrected chi connectivity index (χ0v) is 22.4. The number of aliphatic hydroxyl groups is 1. The smallest absolute Gasteiger partial charge is 0.248 e. The fourth-order valence-electron chi connectivity index (χ4n) is 5.65. The molecule has 5 rings (SSSR count). The van der Waals surface area contributed by atoms with Gasteiger partial charge in [0.1, 0.15) is 12.1 Å². The molecule has 10 nitrogen and oxygen atoms in total. The first-order valence-corrected chi connectivity index (χ1v) is 14.1. The van der Waals surface area contributed by atoms with E-state index in [2.05, 4.69) is 15.6 Å². The topological polar surface area (TPSA) is 121 Å². The van der Waals surface area contributed by atoms with E-state index in [-0.39, 0.29) is 36.6 Å². The van der Waals surface area contributed by atoms with Crippen LogP contribution >= 0.6 is 0 Å². The molecule has 1 saturated heterocycles. The Morgan fingerprint density at radius 1 is 1.16 bits per heavy atom. The molecule has 2 heterocycles. The third kappa shape index (κ3) is 5.84. The molecule has 0 spiro atoms. The molecular formula is C27H42N6O4. The molecule has 1 aromatic heterocycles. The first-order chi connectivity index (χ1) is 17.6. The number of nitrogens with one attached hydrogen (secondary N) is 1. The molecule has 37 heavy (non-hydrogen) atoms. The highest BCUT2D eigenvalue weighted by Crippen LogP contribution is 2.40. The third-order valence-corrected chi connectivity index (χ3v) is 8.31. The van der Waals surface area contributed by atoms with Crippen molar-refractivity contribution in [3.63, 3.8) is 0 Å². The van der Waals surface area contributed by atoms with Gasteiger partial charge in [0.25, 0.3) is 0 Å². The number of aliphatic hydroxyl groups excluding tert-OH is 1. The van der Waals surface area contributed by atoms with E-state index in [9.17, 15) is 19.5 Å². The quantitative estimate of drug-likeness (QED) is 0.461. The summed E-state index contributed by atoms with van der Waals surface area (Å²) in [5.74, 6) is 0.426. The molecule has 0 aromatic carbocycles. The minimum Gasteiger partial charge on any atom is -0.391 e. The second-order valence-electron chi connectivity index (χ2n) is 12.6. The number of hydrogen-bond donors (Lipinski definition) is 2.